The summed E-state index contributed by atoms with van der Waals surface area (Å²) in [5, 5.41) is 8.09. The minimum Gasteiger partial charge on any atom is -0.313 e. The van der Waals surface area contributed by atoms with Gasteiger partial charge < -0.3 is 5.32 Å². The fraction of sp³-hybridized carbons (Fsp3) is 0.316. The number of aromatic nitrogens is 2. The van der Waals surface area contributed by atoms with Crippen molar-refractivity contribution in [3.8, 4) is 5.69 Å². The summed E-state index contributed by atoms with van der Waals surface area (Å²) in [6, 6.07) is 10.5. The Kier molecular flexibility index (Phi) is 3.61. The summed E-state index contributed by atoms with van der Waals surface area (Å²) in [5.41, 5.74) is 1.74. The van der Waals surface area contributed by atoms with E-state index in [1.807, 2.05) is 19.1 Å². The average molecular weight is 327 g/mol. The SMILES string of the molecule is Cc1ccc(F)c2cn(-c3ccc(C4(F)CCCNC4)cc3)nc12. The number of aryl methyl sites for hydroxylation is 1. The highest BCUT2D eigenvalue weighted by atomic mass is 19.1. The van der Waals surface area contributed by atoms with Crippen LogP contribution in [0.5, 0.6) is 0 Å². The first-order valence-electron chi connectivity index (χ1n) is 8.22. The van der Waals surface area contributed by atoms with Crippen molar-refractivity contribution < 1.29 is 8.78 Å². The van der Waals surface area contributed by atoms with Crippen molar-refractivity contribution in [1.82, 2.24) is 15.1 Å². The van der Waals surface area contributed by atoms with Crippen molar-refractivity contribution >= 4 is 10.9 Å². The highest BCUT2D eigenvalue weighted by molar-refractivity contribution is 5.82. The molecule has 0 saturated carbocycles. The topological polar surface area (TPSA) is 29.9 Å². The minimum absolute atomic E-state index is 0.283. The fourth-order valence-electron chi connectivity index (χ4n) is 3.37. The molecule has 1 aliphatic rings. The van der Waals surface area contributed by atoms with Gasteiger partial charge in [0.05, 0.1) is 16.6 Å². The van der Waals surface area contributed by atoms with Gasteiger partial charge in [-0.05, 0) is 55.6 Å². The van der Waals surface area contributed by atoms with Crippen LogP contribution in [-0.4, -0.2) is 22.9 Å². The summed E-state index contributed by atoms with van der Waals surface area (Å²) in [6.45, 7) is 3.13. The third-order valence-electron chi connectivity index (χ3n) is 4.81. The normalized spacial score (nSPS) is 21.3. The van der Waals surface area contributed by atoms with Gasteiger partial charge >= 0.3 is 0 Å². The second kappa shape index (κ2) is 5.67. The van der Waals surface area contributed by atoms with Gasteiger partial charge in [0.15, 0.2) is 0 Å². The molecule has 1 aromatic heterocycles. The Morgan fingerprint density at radius 1 is 1.17 bits per heavy atom. The fourth-order valence-corrected chi connectivity index (χ4v) is 3.37. The summed E-state index contributed by atoms with van der Waals surface area (Å²) in [6.07, 6.45) is 3.05. The molecule has 124 valence electrons. The second-order valence-corrected chi connectivity index (χ2v) is 6.49. The quantitative estimate of drug-likeness (QED) is 0.770. The molecular formula is C19H19F2N3. The Labute approximate surface area is 139 Å². The van der Waals surface area contributed by atoms with Gasteiger partial charge in [0.1, 0.15) is 11.5 Å². The summed E-state index contributed by atoms with van der Waals surface area (Å²) in [4.78, 5) is 0. The summed E-state index contributed by atoms with van der Waals surface area (Å²) in [5.74, 6) is -0.283. The van der Waals surface area contributed by atoms with Crippen LogP contribution in [0.2, 0.25) is 0 Å². The molecule has 0 spiro atoms. The number of rotatable bonds is 2. The van der Waals surface area contributed by atoms with Gasteiger partial charge in [-0.15, -0.1) is 0 Å². The van der Waals surface area contributed by atoms with Crippen LogP contribution in [-0.2, 0) is 5.67 Å². The third-order valence-corrected chi connectivity index (χ3v) is 4.81. The lowest BCUT2D eigenvalue weighted by atomic mass is 9.88. The monoisotopic (exact) mass is 327 g/mol. The van der Waals surface area contributed by atoms with E-state index in [2.05, 4.69) is 10.4 Å². The Hall–Kier alpha value is -2.27. The molecule has 24 heavy (non-hydrogen) atoms. The Balaban J connectivity index is 1.70. The zero-order valence-corrected chi connectivity index (χ0v) is 13.5. The molecule has 2 aromatic carbocycles. The zero-order chi connectivity index (χ0) is 16.7. The van der Waals surface area contributed by atoms with Gasteiger partial charge in [-0.2, -0.15) is 5.10 Å². The van der Waals surface area contributed by atoms with Gasteiger partial charge in [-0.25, -0.2) is 13.5 Å². The average Bonchev–Trinajstić information content (AvgIpc) is 3.06. The van der Waals surface area contributed by atoms with Crippen molar-refractivity contribution in [2.75, 3.05) is 13.1 Å². The Morgan fingerprint density at radius 2 is 1.96 bits per heavy atom. The maximum atomic E-state index is 15.0. The predicted octanol–water partition coefficient (Wildman–Crippen LogP) is 4.02. The molecule has 3 aromatic rings. The van der Waals surface area contributed by atoms with Crippen LogP contribution < -0.4 is 5.32 Å². The molecule has 1 saturated heterocycles. The van der Waals surface area contributed by atoms with Crippen molar-refractivity contribution in [1.29, 1.82) is 0 Å². The van der Waals surface area contributed by atoms with Crippen LogP contribution in [0.25, 0.3) is 16.6 Å². The Bertz CT molecular complexity index is 839. The van der Waals surface area contributed by atoms with Gasteiger partial charge in [0.25, 0.3) is 0 Å². The summed E-state index contributed by atoms with van der Waals surface area (Å²) in [7, 11) is 0. The number of nitrogens with one attached hydrogen (secondary N) is 1. The van der Waals surface area contributed by atoms with Crippen molar-refractivity contribution in [2.24, 2.45) is 0 Å². The van der Waals surface area contributed by atoms with E-state index in [9.17, 15) is 8.78 Å². The molecule has 5 heteroatoms. The lowest BCUT2D eigenvalue weighted by Crippen LogP contribution is -2.40. The maximum Gasteiger partial charge on any atom is 0.148 e. The van der Waals surface area contributed by atoms with Gasteiger partial charge in [0, 0.05) is 12.7 Å². The standard InChI is InChI=1S/C19H19F2N3/c1-13-3-8-17(20)16-11-24(23-18(13)16)15-6-4-14(5-7-15)19(21)9-2-10-22-12-19/h3-8,11,22H,2,9-10,12H2,1H3. The van der Waals surface area contributed by atoms with Crippen LogP contribution >= 0.6 is 0 Å². The van der Waals surface area contributed by atoms with E-state index in [1.54, 1.807) is 29.1 Å². The van der Waals surface area contributed by atoms with Crippen molar-refractivity contribution in [3.05, 3.63) is 59.5 Å². The molecular weight excluding hydrogens is 308 g/mol. The predicted molar refractivity (Wildman–Crippen MR) is 90.7 cm³/mol. The van der Waals surface area contributed by atoms with Gasteiger partial charge in [-0.3, -0.25) is 0 Å². The summed E-state index contributed by atoms with van der Waals surface area (Å²) >= 11 is 0. The molecule has 0 bridgehead atoms. The number of hydrogen-bond acceptors (Lipinski definition) is 2. The van der Waals surface area contributed by atoms with Crippen LogP contribution in [0.15, 0.2) is 42.6 Å². The first-order chi connectivity index (χ1) is 11.6. The number of halogens is 2. The number of alkyl halides is 1. The van der Waals surface area contributed by atoms with E-state index in [4.69, 9.17) is 0 Å². The van der Waals surface area contributed by atoms with E-state index in [0.717, 1.165) is 24.2 Å². The molecule has 1 unspecified atom stereocenters. The molecule has 4 rings (SSSR count). The van der Waals surface area contributed by atoms with Crippen molar-refractivity contribution in [3.63, 3.8) is 0 Å². The van der Waals surface area contributed by atoms with Crippen molar-refractivity contribution in [2.45, 2.75) is 25.4 Å². The lowest BCUT2D eigenvalue weighted by Gasteiger charge is -2.30. The smallest absolute Gasteiger partial charge is 0.148 e. The number of fused-ring (bicyclic) bond motifs is 1. The van der Waals surface area contributed by atoms with Crippen LogP contribution in [0.3, 0.4) is 0 Å². The molecule has 1 N–H and O–H groups in total. The third kappa shape index (κ3) is 2.49. The highest BCUT2D eigenvalue weighted by Gasteiger charge is 2.33. The molecule has 0 radical (unpaired) electrons. The minimum atomic E-state index is -1.31. The zero-order valence-electron chi connectivity index (χ0n) is 13.5. The van der Waals surface area contributed by atoms with Gasteiger partial charge in [-0.1, -0.05) is 18.2 Å². The number of nitrogens with zero attached hydrogens (tertiary/aromatic N) is 2. The highest BCUT2D eigenvalue weighted by Crippen LogP contribution is 2.33. The first-order valence-corrected chi connectivity index (χ1v) is 8.22. The van der Waals surface area contributed by atoms with E-state index in [0.29, 0.717) is 29.4 Å². The largest absolute Gasteiger partial charge is 0.313 e. The Morgan fingerprint density at radius 3 is 2.62 bits per heavy atom. The van der Waals surface area contributed by atoms with Crippen LogP contribution in [0, 0.1) is 12.7 Å². The molecule has 1 fully saturated rings. The molecule has 2 heterocycles. The van der Waals surface area contributed by atoms with E-state index in [1.165, 1.54) is 6.07 Å². The van der Waals surface area contributed by atoms with E-state index >= 15 is 0 Å². The molecule has 1 atom stereocenters. The van der Waals surface area contributed by atoms with Gasteiger partial charge in [0.2, 0.25) is 0 Å². The molecule has 0 aliphatic carbocycles. The molecule has 0 amide bonds. The first kappa shape index (κ1) is 15.3. The molecule has 3 nitrogen and oxygen atoms in total. The number of piperidine rings is 1. The summed E-state index contributed by atoms with van der Waals surface area (Å²) < 4.78 is 30.6. The lowest BCUT2D eigenvalue weighted by molar-refractivity contribution is 0.122. The van der Waals surface area contributed by atoms with Crippen LogP contribution in [0.1, 0.15) is 24.0 Å². The second-order valence-electron chi connectivity index (χ2n) is 6.49. The van der Waals surface area contributed by atoms with Crippen LogP contribution in [0.4, 0.5) is 8.78 Å². The maximum absolute atomic E-state index is 15.0. The number of hydrogen-bond donors (Lipinski definition) is 1. The van der Waals surface area contributed by atoms with E-state index < -0.39 is 5.67 Å². The number of benzene rings is 2. The van der Waals surface area contributed by atoms with E-state index in [-0.39, 0.29) is 5.82 Å². The molecule has 1 aliphatic heterocycles.